The fourth-order valence-corrected chi connectivity index (χ4v) is 1.84. The standard InChI is InChI=1S/C13H10ClN3O3S/c14-8-1-3-11(4-2-8)20-12-6-9(16-13(15)21)5-10(7-12)17(18)19/h1-7H,(H3,15,16,21). The molecule has 0 aliphatic rings. The number of halogens is 1. The van der Waals surface area contributed by atoms with Gasteiger partial charge < -0.3 is 15.8 Å². The Hall–Kier alpha value is -2.38. The van der Waals surface area contributed by atoms with E-state index in [0.29, 0.717) is 16.5 Å². The fourth-order valence-electron chi connectivity index (χ4n) is 1.60. The van der Waals surface area contributed by atoms with E-state index in [1.54, 1.807) is 30.3 Å². The number of nitrogens with two attached hydrogens (primary N) is 1. The number of thiocarbonyl (C=S) groups is 1. The summed E-state index contributed by atoms with van der Waals surface area (Å²) >= 11 is 10.5. The molecule has 0 bridgehead atoms. The van der Waals surface area contributed by atoms with Crippen molar-refractivity contribution in [3.8, 4) is 11.5 Å². The van der Waals surface area contributed by atoms with Gasteiger partial charge in [0, 0.05) is 17.2 Å². The average Bonchev–Trinajstić information content (AvgIpc) is 2.40. The summed E-state index contributed by atoms with van der Waals surface area (Å²) in [6, 6.07) is 10.8. The van der Waals surface area contributed by atoms with E-state index >= 15 is 0 Å². The van der Waals surface area contributed by atoms with Crippen LogP contribution in [-0.4, -0.2) is 10.0 Å². The van der Waals surface area contributed by atoms with Crippen LogP contribution >= 0.6 is 23.8 Å². The topological polar surface area (TPSA) is 90.4 Å². The van der Waals surface area contributed by atoms with Crippen LogP contribution in [0.25, 0.3) is 0 Å². The molecule has 0 aliphatic heterocycles. The van der Waals surface area contributed by atoms with E-state index in [2.05, 4.69) is 5.32 Å². The number of nitro groups is 1. The first-order valence-electron chi connectivity index (χ1n) is 5.73. The average molecular weight is 324 g/mol. The van der Waals surface area contributed by atoms with Crippen LogP contribution in [0.2, 0.25) is 5.02 Å². The molecule has 0 aliphatic carbocycles. The van der Waals surface area contributed by atoms with Crippen molar-refractivity contribution >= 4 is 40.3 Å². The third-order valence-corrected chi connectivity index (χ3v) is 2.77. The zero-order valence-corrected chi connectivity index (χ0v) is 12.1. The summed E-state index contributed by atoms with van der Waals surface area (Å²) in [7, 11) is 0. The largest absolute Gasteiger partial charge is 0.457 e. The van der Waals surface area contributed by atoms with Crippen molar-refractivity contribution in [3.05, 3.63) is 57.6 Å². The van der Waals surface area contributed by atoms with Crippen molar-refractivity contribution in [1.82, 2.24) is 0 Å². The van der Waals surface area contributed by atoms with Crippen LogP contribution in [0, 0.1) is 10.1 Å². The molecule has 0 atom stereocenters. The highest BCUT2D eigenvalue weighted by molar-refractivity contribution is 7.80. The Labute approximate surface area is 130 Å². The number of hydrogen-bond acceptors (Lipinski definition) is 4. The molecule has 0 saturated carbocycles. The van der Waals surface area contributed by atoms with E-state index in [9.17, 15) is 10.1 Å². The molecule has 2 rings (SSSR count). The predicted molar refractivity (Wildman–Crippen MR) is 85.0 cm³/mol. The molecule has 2 aromatic rings. The van der Waals surface area contributed by atoms with Gasteiger partial charge in [-0.05, 0) is 36.5 Å². The molecule has 2 aromatic carbocycles. The number of rotatable bonds is 4. The van der Waals surface area contributed by atoms with E-state index in [1.807, 2.05) is 0 Å². The van der Waals surface area contributed by atoms with Crippen LogP contribution < -0.4 is 15.8 Å². The SMILES string of the molecule is NC(=S)Nc1cc(Oc2ccc(Cl)cc2)cc([N+](=O)[O-])c1. The molecule has 0 saturated heterocycles. The lowest BCUT2D eigenvalue weighted by molar-refractivity contribution is -0.384. The van der Waals surface area contributed by atoms with Crippen molar-refractivity contribution in [3.63, 3.8) is 0 Å². The predicted octanol–water partition coefficient (Wildman–Crippen LogP) is 3.70. The van der Waals surface area contributed by atoms with Crippen LogP contribution in [0.4, 0.5) is 11.4 Å². The summed E-state index contributed by atoms with van der Waals surface area (Å²) in [5.41, 5.74) is 5.60. The van der Waals surface area contributed by atoms with Gasteiger partial charge >= 0.3 is 0 Å². The van der Waals surface area contributed by atoms with Gasteiger partial charge in [0.2, 0.25) is 0 Å². The number of ether oxygens (including phenoxy) is 1. The van der Waals surface area contributed by atoms with Crippen molar-refractivity contribution in [2.75, 3.05) is 5.32 Å². The second-order valence-corrected chi connectivity index (χ2v) is 4.89. The summed E-state index contributed by atoms with van der Waals surface area (Å²) in [4.78, 5) is 10.4. The number of benzene rings is 2. The van der Waals surface area contributed by atoms with Gasteiger partial charge in [-0.25, -0.2) is 0 Å². The molecule has 6 nitrogen and oxygen atoms in total. The van der Waals surface area contributed by atoms with Crippen molar-refractivity contribution in [2.45, 2.75) is 0 Å². The Balaban J connectivity index is 2.32. The van der Waals surface area contributed by atoms with Crippen LogP contribution in [0.5, 0.6) is 11.5 Å². The molecule has 108 valence electrons. The second kappa shape index (κ2) is 6.38. The first-order chi connectivity index (χ1) is 9.94. The maximum absolute atomic E-state index is 10.9. The van der Waals surface area contributed by atoms with Gasteiger partial charge in [-0.3, -0.25) is 10.1 Å². The van der Waals surface area contributed by atoms with E-state index in [-0.39, 0.29) is 16.5 Å². The third kappa shape index (κ3) is 4.30. The molecule has 3 N–H and O–H groups in total. The van der Waals surface area contributed by atoms with E-state index in [4.69, 9.17) is 34.3 Å². The molecule has 0 spiro atoms. The Morgan fingerprint density at radius 2 is 1.90 bits per heavy atom. The maximum Gasteiger partial charge on any atom is 0.275 e. The quantitative estimate of drug-likeness (QED) is 0.506. The molecule has 0 amide bonds. The minimum absolute atomic E-state index is 0.00735. The number of anilines is 1. The summed E-state index contributed by atoms with van der Waals surface area (Å²) in [6.45, 7) is 0. The number of hydrogen-bond donors (Lipinski definition) is 2. The van der Waals surface area contributed by atoms with Crippen LogP contribution in [0.3, 0.4) is 0 Å². The van der Waals surface area contributed by atoms with E-state index < -0.39 is 4.92 Å². The molecule has 0 heterocycles. The second-order valence-electron chi connectivity index (χ2n) is 4.02. The minimum atomic E-state index is -0.528. The lowest BCUT2D eigenvalue weighted by Crippen LogP contribution is -2.18. The summed E-state index contributed by atoms with van der Waals surface area (Å²) in [5.74, 6) is 0.784. The van der Waals surface area contributed by atoms with E-state index in [0.717, 1.165) is 0 Å². The molecule has 0 unspecified atom stereocenters. The highest BCUT2D eigenvalue weighted by atomic mass is 35.5. The molecule has 8 heteroatoms. The fraction of sp³-hybridized carbons (Fsp3) is 0. The third-order valence-electron chi connectivity index (χ3n) is 2.42. The highest BCUT2D eigenvalue weighted by Crippen LogP contribution is 2.30. The molecule has 21 heavy (non-hydrogen) atoms. The van der Waals surface area contributed by atoms with Crippen molar-refractivity contribution < 1.29 is 9.66 Å². The first-order valence-corrected chi connectivity index (χ1v) is 6.52. The van der Waals surface area contributed by atoms with Gasteiger partial charge in [-0.1, -0.05) is 11.6 Å². The minimum Gasteiger partial charge on any atom is -0.457 e. The summed E-state index contributed by atoms with van der Waals surface area (Å²) in [5, 5.41) is 14.1. The Morgan fingerprint density at radius 1 is 1.24 bits per heavy atom. The normalized spacial score (nSPS) is 9.95. The monoisotopic (exact) mass is 323 g/mol. The molecular weight excluding hydrogens is 314 g/mol. The van der Waals surface area contributed by atoms with Gasteiger partial charge in [0.1, 0.15) is 11.5 Å². The molecular formula is C13H10ClN3O3S. The van der Waals surface area contributed by atoms with Gasteiger partial charge in [0.15, 0.2) is 5.11 Å². The van der Waals surface area contributed by atoms with Gasteiger partial charge in [-0.2, -0.15) is 0 Å². The zero-order chi connectivity index (χ0) is 15.4. The number of nitrogens with one attached hydrogen (secondary N) is 1. The maximum atomic E-state index is 10.9. The van der Waals surface area contributed by atoms with Gasteiger partial charge in [0.25, 0.3) is 5.69 Å². The Kier molecular flexibility index (Phi) is 4.56. The highest BCUT2D eigenvalue weighted by Gasteiger charge is 2.11. The summed E-state index contributed by atoms with van der Waals surface area (Å²) in [6.07, 6.45) is 0. The van der Waals surface area contributed by atoms with Crippen LogP contribution in [-0.2, 0) is 0 Å². The molecule has 0 fully saturated rings. The van der Waals surface area contributed by atoms with Gasteiger partial charge in [0.05, 0.1) is 16.7 Å². The van der Waals surface area contributed by atoms with Crippen LogP contribution in [0.15, 0.2) is 42.5 Å². The number of non-ortho nitro benzene ring substituents is 1. The smallest absolute Gasteiger partial charge is 0.275 e. The Morgan fingerprint density at radius 3 is 2.48 bits per heavy atom. The Bertz CT molecular complexity index is 692. The van der Waals surface area contributed by atoms with Crippen molar-refractivity contribution in [2.24, 2.45) is 5.73 Å². The number of nitro benzene ring substituents is 1. The zero-order valence-electron chi connectivity index (χ0n) is 10.6. The lowest BCUT2D eigenvalue weighted by atomic mass is 10.2. The number of nitrogens with zero attached hydrogens (tertiary/aromatic N) is 1. The van der Waals surface area contributed by atoms with Crippen LogP contribution in [0.1, 0.15) is 0 Å². The van der Waals surface area contributed by atoms with Crippen molar-refractivity contribution in [1.29, 1.82) is 0 Å². The first kappa shape index (κ1) is 15.0. The molecule has 0 aromatic heterocycles. The van der Waals surface area contributed by atoms with Gasteiger partial charge in [-0.15, -0.1) is 0 Å². The summed E-state index contributed by atoms with van der Waals surface area (Å²) < 4.78 is 5.56. The lowest BCUT2D eigenvalue weighted by Gasteiger charge is -2.09. The molecule has 0 radical (unpaired) electrons. The van der Waals surface area contributed by atoms with E-state index in [1.165, 1.54) is 12.1 Å².